The lowest BCUT2D eigenvalue weighted by atomic mass is 10.2. The first-order valence-corrected chi connectivity index (χ1v) is 7.31. The molecule has 0 bridgehead atoms. The first-order valence-electron chi connectivity index (χ1n) is 6.32. The maximum Gasteiger partial charge on any atom is 0.0208 e. The molecule has 0 radical (unpaired) electrons. The van der Waals surface area contributed by atoms with Crippen molar-refractivity contribution in [3.63, 3.8) is 0 Å². The summed E-state index contributed by atoms with van der Waals surface area (Å²) in [6, 6.07) is 9.73. The predicted molar refractivity (Wildman–Crippen MR) is 76.5 cm³/mol. The molecule has 1 N–H and O–H groups in total. The van der Waals surface area contributed by atoms with Gasteiger partial charge in [-0.3, -0.25) is 0 Å². The van der Waals surface area contributed by atoms with Gasteiger partial charge in [0.25, 0.3) is 0 Å². The maximum absolute atomic E-state index is 3.53. The maximum atomic E-state index is 3.53. The Kier molecular flexibility index (Phi) is 4.69. The largest absolute Gasteiger partial charge is 0.310 e. The van der Waals surface area contributed by atoms with Crippen molar-refractivity contribution in [1.82, 2.24) is 5.32 Å². The lowest BCUT2D eigenvalue weighted by molar-refractivity contribution is 0.687. The van der Waals surface area contributed by atoms with Gasteiger partial charge in [-0.1, -0.05) is 23.8 Å². The van der Waals surface area contributed by atoms with Crippen molar-refractivity contribution in [2.24, 2.45) is 0 Å². The molecule has 92 valence electrons. The molecule has 0 saturated heterocycles. The van der Waals surface area contributed by atoms with E-state index in [-0.39, 0.29) is 0 Å². The number of hydrogen-bond donors (Lipinski definition) is 1. The fraction of sp³-hybridized carbons (Fsp3) is 0.467. The Hall–Kier alpha value is -0.730. The van der Waals surface area contributed by atoms with E-state index in [0.29, 0.717) is 0 Å². The van der Waals surface area contributed by atoms with Crippen molar-refractivity contribution >= 4 is 11.8 Å². The summed E-state index contributed by atoms with van der Waals surface area (Å²) in [7, 11) is 0. The molecule has 0 aromatic heterocycles. The Morgan fingerprint density at radius 3 is 2.59 bits per heavy atom. The molecule has 0 amide bonds. The van der Waals surface area contributed by atoms with E-state index in [9.17, 15) is 0 Å². The second kappa shape index (κ2) is 6.27. The molecular formula is C15H21NS. The molecule has 1 aliphatic rings. The topological polar surface area (TPSA) is 12.0 Å². The summed E-state index contributed by atoms with van der Waals surface area (Å²) in [5.41, 5.74) is 2.78. The molecule has 2 rings (SSSR count). The standard InChI is InChI=1S/C15H21NS/c1-12(2)9-10-17-15-7-3-13(4-8-15)11-16-14-5-6-14/h3-4,7-9,14,16H,5-6,10-11H2,1-2H3. The zero-order valence-corrected chi connectivity index (χ0v) is 11.5. The molecule has 0 unspecified atom stereocenters. The summed E-state index contributed by atoms with van der Waals surface area (Å²) in [5, 5.41) is 3.53. The van der Waals surface area contributed by atoms with Crippen LogP contribution < -0.4 is 5.32 Å². The summed E-state index contributed by atoms with van der Waals surface area (Å²) >= 11 is 1.90. The minimum absolute atomic E-state index is 0.793. The van der Waals surface area contributed by atoms with Crippen LogP contribution in [0.25, 0.3) is 0 Å². The quantitative estimate of drug-likeness (QED) is 0.602. The van der Waals surface area contributed by atoms with Crippen molar-refractivity contribution in [3.05, 3.63) is 41.5 Å². The summed E-state index contributed by atoms with van der Waals surface area (Å²) < 4.78 is 0. The minimum atomic E-state index is 0.793. The highest BCUT2D eigenvalue weighted by molar-refractivity contribution is 7.99. The van der Waals surface area contributed by atoms with Crippen molar-refractivity contribution in [3.8, 4) is 0 Å². The monoisotopic (exact) mass is 247 g/mol. The number of thioether (sulfide) groups is 1. The van der Waals surface area contributed by atoms with E-state index in [1.165, 1.54) is 28.9 Å². The summed E-state index contributed by atoms with van der Waals surface area (Å²) in [5.74, 6) is 1.07. The Bertz CT molecular complexity index is 372. The lowest BCUT2D eigenvalue weighted by Crippen LogP contribution is -2.14. The fourth-order valence-electron chi connectivity index (χ4n) is 1.56. The van der Waals surface area contributed by atoms with Gasteiger partial charge in [-0.05, 0) is 44.4 Å². The number of allylic oxidation sites excluding steroid dienone is 1. The molecule has 0 aliphatic heterocycles. The molecular weight excluding hydrogens is 226 g/mol. The first-order chi connectivity index (χ1) is 8.24. The minimum Gasteiger partial charge on any atom is -0.310 e. The third-order valence-corrected chi connectivity index (χ3v) is 3.78. The third-order valence-electron chi connectivity index (χ3n) is 2.84. The second-order valence-corrected chi connectivity index (χ2v) is 5.99. The van der Waals surface area contributed by atoms with E-state index in [2.05, 4.69) is 49.5 Å². The molecule has 17 heavy (non-hydrogen) atoms. The van der Waals surface area contributed by atoms with Crippen molar-refractivity contribution in [2.45, 2.75) is 44.2 Å². The van der Waals surface area contributed by atoms with Gasteiger partial charge in [-0.15, -0.1) is 11.8 Å². The van der Waals surface area contributed by atoms with Crippen LogP contribution in [0.1, 0.15) is 32.3 Å². The predicted octanol–water partition coefficient (Wildman–Crippen LogP) is 4.00. The van der Waals surface area contributed by atoms with Gasteiger partial charge >= 0.3 is 0 Å². The molecule has 2 heteroatoms. The van der Waals surface area contributed by atoms with E-state index >= 15 is 0 Å². The van der Waals surface area contributed by atoms with Crippen LogP contribution >= 0.6 is 11.8 Å². The van der Waals surface area contributed by atoms with E-state index in [0.717, 1.165) is 18.3 Å². The number of benzene rings is 1. The Morgan fingerprint density at radius 2 is 2.00 bits per heavy atom. The molecule has 1 saturated carbocycles. The zero-order chi connectivity index (χ0) is 12.1. The van der Waals surface area contributed by atoms with E-state index in [1.54, 1.807) is 0 Å². The van der Waals surface area contributed by atoms with Crippen LogP contribution in [0, 0.1) is 0 Å². The van der Waals surface area contributed by atoms with Gasteiger partial charge in [0, 0.05) is 23.2 Å². The summed E-state index contributed by atoms with van der Waals surface area (Å²) in [6.07, 6.45) is 4.99. The van der Waals surface area contributed by atoms with E-state index in [1.807, 2.05) is 11.8 Å². The Balaban J connectivity index is 1.77. The normalized spacial score (nSPS) is 14.7. The molecule has 0 spiro atoms. The Labute approximate surface area is 109 Å². The van der Waals surface area contributed by atoms with Gasteiger partial charge in [0.05, 0.1) is 0 Å². The third kappa shape index (κ3) is 4.97. The van der Waals surface area contributed by atoms with Crippen LogP contribution in [-0.2, 0) is 6.54 Å². The molecule has 0 heterocycles. The van der Waals surface area contributed by atoms with Crippen LogP contribution in [0.5, 0.6) is 0 Å². The van der Waals surface area contributed by atoms with Crippen LogP contribution in [-0.4, -0.2) is 11.8 Å². The van der Waals surface area contributed by atoms with Gasteiger partial charge in [-0.2, -0.15) is 0 Å². The molecule has 1 aromatic rings. The number of nitrogens with one attached hydrogen (secondary N) is 1. The molecule has 1 fully saturated rings. The zero-order valence-electron chi connectivity index (χ0n) is 10.7. The number of hydrogen-bond acceptors (Lipinski definition) is 2. The molecule has 1 nitrogen and oxygen atoms in total. The lowest BCUT2D eigenvalue weighted by Gasteiger charge is -2.04. The highest BCUT2D eigenvalue weighted by atomic mass is 32.2. The van der Waals surface area contributed by atoms with Gasteiger partial charge in [0.2, 0.25) is 0 Å². The van der Waals surface area contributed by atoms with Gasteiger partial charge < -0.3 is 5.32 Å². The van der Waals surface area contributed by atoms with Crippen LogP contribution in [0.3, 0.4) is 0 Å². The number of rotatable bonds is 6. The Morgan fingerprint density at radius 1 is 1.29 bits per heavy atom. The molecule has 0 atom stereocenters. The van der Waals surface area contributed by atoms with Crippen LogP contribution in [0.2, 0.25) is 0 Å². The van der Waals surface area contributed by atoms with E-state index < -0.39 is 0 Å². The van der Waals surface area contributed by atoms with Gasteiger partial charge in [-0.25, -0.2) is 0 Å². The van der Waals surface area contributed by atoms with E-state index in [4.69, 9.17) is 0 Å². The van der Waals surface area contributed by atoms with Crippen molar-refractivity contribution in [2.75, 3.05) is 5.75 Å². The smallest absolute Gasteiger partial charge is 0.0208 e. The summed E-state index contributed by atoms with van der Waals surface area (Å²) in [6.45, 7) is 5.31. The molecule has 1 aromatic carbocycles. The van der Waals surface area contributed by atoms with Gasteiger partial charge in [0.15, 0.2) is 0 Å². The second-order valence-electron chi connectivity index (χ2n) is 4.89. The molecule has 1 aliphatic carbocycles. The van der Waals surface area contributed by atoms with Gasteiger partial charge in [0.1, 0.15) is 0 Å². The average molecular weight is 247 g/mol. The van der Waals surface area contributed by atoms with Crippen molar-refractivity contribution < 1.29 is 0 Å². The highest BCUT2D eigenvalue weighted by Gasteiger charge is 2.19. The van der Waals surface area contributed by atoms with Crippen molar-refractivity contribution in [1.29, 1.82) is 0 Å². The van der Waals surface area contributed by atoms with Crippen LogP contribution in [0.15, 0.2) is 40.8 Å². The average Bonchev–Trinajstić information content (AvgIpc) is 3.11. The van der Waals surface area contributed by atoms with Crippen LogP contribution in [0.4, 0.5) is 0 Å². The highest BCUT2D eigenvalue weighted by Crippen LogP contribution is 2.21. The fourth-order valence-corrected chi connectivity index (χ4v) is 2.50. The summed E-state index contributed by atoms with van der Waals surface area (Å²) in [4.78, 5) is 1.36. The SMILES string of the molecule is CC(C)=CCSc1ccc(CNC2CC2)cc1. The first kappa shape index (κ1) is 12.7.